The Morgan fingerprint density at radius 2 is 2.00 bits per heavy atom. The maximum Gasteiger partial charge on any atom is 0.129 e. The van der Waals surface area contributed by atoms with Crippen molar-refractivity contribution in [3.63, 3.8) is 0 Å². The molecule has 82 valence electrons. The summed E-state index contributed by atoms with van der Waals surface area (Å²) in [6, 6.07) is 7.58. The van der Waals surface area contributed by atoms with Gasteiger partial charge < -0.3 is 10.4 Å². The standard InChI is InChI=1S/C12H17NOS/c14-11-3-1-2-4-12(11)15-9-10-5-7-13-8-6-10/h1-4,10,13-14H,5-9H2. The number of benzene rings is 1. The Morgan fingerprint density at radius 1 is 1.27 bits per heavy atom. The molecule has 0 aromatic heterocycles. The van der Waals surface area contributed by atoms with Crippen molar-refractivity contribution in [1.82, 2.24) is 5.32 Å². The van der Waals surface area contributed by atoms with Gasteiger partial charge in [-0.3, -0.25) is 0 Å². The van der Waals surface area contributed by atoms with Gasteiger partial charge in [0.05, 0.1) is 0 Å². The van der Waals surface area contributed by atoms with E-state index in [1.165, 1.54) is 12.8 Å². The minimum atomic E-state index is 0.413. The third-order valence-corrected chi connectivity index (χ3v) is 4.09. The second-order valence-corrected chi connectivity index (χ2v) is 5.03. The lowest BCUT2D eigenvalue weighted by Gasteiger charge is -2.22. The van der Waals surface area contributed by atoms with Crippen LogP contribution in [0.1, 0.15) is 12.8 Å². The fraction of sp³-hybridized carbons (Fsp3) is 0.500. The van der Waals surface area contributed by atoms with E-state index in [1.54, 1.807) is 17.8 Å². The van der Waals surface area contributed by atoms with Gasteiger partial charge in [0.2, 0.25) is 0 Å². The molecule has 1 saturated heterocycles. The first-order valence-electron chi connectivity index (χ1n) is 5.48. The SMILES string of the molecule is Oc1ccccc1SCC1CCNCC1. The van der Waals surface area contributed by atoms with Crippen molar-refractivity contribution in [3.8, 4) is 5.75 Å². The van der Waals surface area contributed by atoms with Gasteiger partial charge in [-0.05, 0) is 44.0 Å². The normalized spacial score (nSPS) is 17.9. The van der Waals surface area contributed by atoms with Crippen molar-refractivity contribution in [3.05, 3.63) is 24.3 Å². The van der Waals surface area contributed by atoms with Crippen molar-refractivity contribution in [1.29, 1.82) is 0 Å². The van der Waals surface area contributed by atoms with E-state index in [2.05, 4.69) is 5.32 Å². The smallest absolute Gasteiger partial charge is 0.129 e. The van der Waals surface area contributed by atoms with Gasteiger partial charge in [0.15, 0.2) is 0 Å². The Morgan fingerprint density at radius 3 is 2.73 bits per heavy atom. The lowest BCUT2D eigenvalue weighted by atomic mass is 10.0. The predicted molar refractivity (Wildman–Crippen MR) is 64.4 cm³/mol. The molecule has 0 radical (unpaired) electrons. The first-order chi connectivity index (χ1) is 7.36. The summed E-state index contributed by atoms with van der Waals surface area (Å²) in [5.74, 6) is 2.34. The molecule has 0 saturated carbocycles. The van der Waals surface area contributed by atoms with Crippen molar-refractivity contribution in [2.75, 3.05) is 18.8 Å². The number of rotatable bonds is 3. The molecule has 1 aromatic carbocycles. The average molecular weight is 223 g/mol. The van der Waals surface area contributed by atoms with Gasteiger partial charge in [-0.1, -0.05) is 12.1 Å². The molecular weight excluding hydrogens is 206 g/mol. The quantitative estimate of drug-likeness (QED) is 0.772. The molecule has 1 aliphatic heterocycles. The minimum absolute atomic E-state index is 0.413. The maximum atomic E-state index is 9.61. The first-order valence-corrected chi connectivity index (χ1v) is 6.46. The number of hydrogen-bond donors (Lipinski definition) is 2. The van der Waals surface area contributed by atoms with Gasteiger partial charge in [-0.2, -0.15) is 0 Å². The Labute approximate surface area is 95.1 Å². The van der Waals surface area contributed by atoms with Crippen molar-refractivity contribution in [2.24, 2.45) is 5.92 Å². The largest absolute Gasteiger partial charge is 0.507 e. The predicted octanol–water partition coefficient (Wildman–Crippen LogP) is 2.48. The Kier molecular flexibility index (Phi) is 3.92. The lowest BCUT2D eigenvalue weighted by molar-refractivity contribution is 0.407. The van der Waals surface area contributed by atoms with E-state index in [9.17, 15) is 5.11 Å². The molecular formula is C12H17NOS. The number of nitrogens with one attached hydrogen (secondary N) is 1. The molecule has 0 amide bonds. The molecule has 15 heavy (non-hydrogen) atoms. The van der Waals surface area contributed by atoms with Crippen LogP contribution in [0.2, 0.25) is 0 Å². The zero-order valence-corrected chi connectivity index (χ0v) is 9.59. The minimum Gasteiger partial charge on any atom is -0.507 e. The molecule has 2 N–H and O–H groups in total. The van der Waals surface area contributed by atoms with Crippen LogP contribution in [0.25, 0.3) is 0 Å². The molecule has 1 aliphatic rings. The molecule has 1 heterocycles. The second kappa shape index (κ2) is 5.42. The molecule has 0 aliphatic carbocycles. The van der Waals surface area contributed by atoms with E-state index in [-0.39, 0.29) is 0 Å². The summed E-state index contributed by atoms with van der Waals surface area (Å²) in [6.07, 6.45) is 2.53. The van der Waals surface area contributed by atoms with Gasteiger partial charge in [-0.25, -0.2) is 0 Å². The van der Waals surface area contributed by atoms with E-state index in [1.807, 2.05) is 18.2 Å². The van der Waals surface area contributed by atoms with Crippen LogP contribution in [0, 0.1) is 5.92 Å². The Bertz CT molecular complexity index is 310. The van der Waals surface area contributed by atoms with E-state index >= 15 is 0 Å². The van der Waals surface area contributed by atoms with Crippen LogP contribution in [-0.4, -0.2) is 23.9 Å². The zero-order chi connectivity index (χ0) is 10.5. The number of piperidine rings is 1. The fourth-order valence-corrected chi connectivity index (χ4v) is 2.97. The van der Waals surface area contributed by atoms with E-state index < -0.39 is 0 Å². The molecule has 2 rings (SSSR count). The van der Waals surface area contributed by atoms with Crippen molar-refractivity contribution < 1.29 is 5.11 Å². The first kappa shape index (κ1) is 10.8. The van der Waals surface area contributed by atoms with E-state index in [4.69, 9.17) is 0 Å². The average Bonchev–Trinajstić information content (AvgIpc) is 2.29. The lowest BCUT2D eigenvalue weighted by Crippen LogP contribution is -2.28. The summed E-state index contributed by atoms with van der Waals surface area (Å²) >= 11 is 1.78. The highest BCUT2D eigenvalue weighted by Crippen LogP contribution is 2.30. The van der Waals surface area contributed by atoms with Gasteiger partial charge >= 0.3 is 0 Å². The van der Waals surface area contributed by atoms with Crippen LogP contribution < -0.4 is 5.32 Å². The molecule has 3 heteroatoms. The van der Waals surface area contributed by atoms with Gasteiger partial charge in [0.1, 0.15) is 5.75 Å². The summed E-state index contributed by atoms with van der Waals surface area (Å²) in [5.41, 5.74) is 0. The van der Waals surface area contributed by atoms with Gasteiger partial charge in [0.25, 0.3) is 0 Å². The number of hydrogen-bond acceptors (Lipinski definition) is 3. The number of thioether (sulfide) groups is 1. The van der Waals surface area contributed by atoms with Gasteiger partial charge in [-0.15, -0.1) is 11.8 Å². The molecule has 0 atom stereocenters. The van der Waals surface area contributed by atoms with Crippen LogP contribution >= 0.6 is 11.8 Å². The van der Waals surface area contributed by atoms with Crippen LogP contribution in [0.4, 0.5) is 0 Å². The van der Waals surface area contributed by atoms with Crippen LogP contribution in [0.5, 0.6) is 5.75 Å². The third kappa shape index (κ3) is 3.14. The highest BCUT2D eigenvalue weighted by Gasteiger charge is 2.13. The fourth-order valence-electron chi connectivity index (χ4n) is 1.84. The van der Waals surface area contributed by atoms with E-state index in [0.29, 0.717) is 5.75 Å². The number of aromatic hydroxyl groups is 1. The molecule has 0 bridgehead atoms. The van der Waals surface area contributed by atoms with E-state index in [0.717, 1.165) is 29.7 Å². The number of phenolic OH excluding ortho intramolecular Hbond substituents is 1. The molecule has 0 unspecified atom stereocenters. The topological polar surface area (TPSA) is 32.3 Å². The number of phenols is 1. The van der Waals surface area contributed by atoms with Crippen molar-refractivity contribution in [2.45, 2.75) is 17.7 Å². The summed E-state index contributed by atoms with van der Waals surface area (Å²) in [5, 5.41) is 13.0. The number of para-hydroxylation sites is 1. The molecule has 2 nitrogen and oxygen atoms in total. The summed E-state index contributed by atoms with van der Waals surface area (Å²) in [4.78, 5) is 1.01. The summed E-state index contributed by atoms with van der Waals surface area (Å²) in [6.45, 7) is 2.29. The monoisotopic (exact) mass is 223 g/mol. The summed E-state index contributed by atoms with van der Waals surface area (Å²) in [7, 11) is 0. The summed E-state index contributed by atoms with van der Waals surface area (Å²) < 4.78 is 0. The van der Waals surface area contributed by atoms with Gasteiger partial charge in [0, 0.05) is 10.6 Å². The molecule has 1 fully saturated rings. The van der Waals surface area contributed by atoms with Crippen LogP contribution in [0.15, 0.2) is 29.2 Å². The maximum absolute atomic E-state index is 9.61. The Hall–Kier alpha value is -0.670. The zero-order valence-electron chi connectivity index (χ0n) is 8.78. The van der Waals surface area contributed by atoms with Crippen molar-refractivity contribution >= 4 is 11.8 Å². The molecule has 1 aromatic rings. The van der Waals surface area contributed by atoms with Crippen LogP contribution in [-0.2, 0) is 0 Å². The highest BCUT2D eigenvalue weighted by atomic mass is 32.2. The van der Waals surface area contributed by atoms with Crippen LogP contribution in [0.3, 0.4) is 0 Å². The third-order valence-electron chi connectivity index (χ3n) is 2.80. The second-order valence-electron chi connectivity index (χ2n) is 3.97. The Balaban J connectivity index is 1.84. The highest BCUT2D eigenvalue weighted by molar-refractivity contribution is 7.99. The molecule has 0 spiro atoms.